The van der Waals surface area contributed by atoms with Gasteiger partial charge in [-0.3, -0.25) is 14.3 Å². The molecule has 1 N–H and O–H groups in total. The van der Waals surface area contributed by atoms with Gasteiger partial charge in [-0.05, 0) is 13.3 Å². The number of ether oxygens (including phenoxy) is 1. The topological polar surface area (TPSA) is 64.1 Å². The molecule has 0 aliphatic heterocycles. The molecule has 84 valence electrons. The molecular formula is C10H16N2O3. The average molecular weight is 212 g/mol. The lowest BCUT2D eigenvalue weighted by Gasteiger charge is -2.06. The second kappa shape index (κ2) is 5.50. The first kappa shape index (κ1) is 11.7. The van der Waals surface area contributed by atoms with E-state index in [1.165, 1.54) is 4.57 Å². The Balaban J connectivity index is 3.01. The van der Waals surface area contributed by atoms with Crippen LogP contribution < -0.4 is 11.2 Å². The predicted molar refractivity (Wildman–Crippen MR) is 56.9 cm³/mol. The molecule has 0 saturated heterocycles. The van der Waals surface area contributed by atoms with Crippen LogP contribution in [0.3, 0.4) is 0 Å². The van der Waals surface area contributed by atoms with Crippen LogP contribution in [0.2, 0.25) is 0 Å². The van der Waals surface area contributed by atoms with E-state index in [1.54, 1.807) is 6.20 Å². The number of hydrogen-bond acceptors (Lipinski definition) is 3. The summed E-state index contributed by atoms with van der Waals surface area (Å²) in [5.74, 6) is 0. The predicted octanol–water partition coefficient (Wildman–Crippen LogP) is 0.483. The van der Waals surface area contributed by atoms with Gasteiger partial charge in [-0.1, -0.05) is 13.3 Å². The number of aromatic nitrogens is 2. The Kier molecular flexibility index (Phi) is 4.30. The van der Waals surface area contributed by atoms with E-state index in [0.717, 1.165) is 6.42 Å². The Morgan fingerprint density at radius 3 is 2.73 bits per heavy atom. The lowest BCUT2D eigenvalue weighted by molar-refractivity contribution is 0.0841. The standard InChI is InChI=1S/C10H16N2O3/c1-3-5-8-6-12(7-15-4-2)10(14)11-9(8)13/h6H,3-5,7H2,1-2H3,(H,11,13,14). The first-order valence-electron chi connectivity index (χ1n) is 5.09. The maximum absolute atomic E-state index is 11.3. The van der Waals surface area contributed by atoms with Gasteiger partial charge in [0.25, 0.3) is 5.56 Å². The molecule has 0 unspecified atom stereocenters. The number of nitrogens with one attached hydrogen (secondary N) is 1. The van der Waals surface area contributed by atoms with Crippen molar-refractivity contribution in [2.45, 2.75) is 33.4 Å². The Hall–Kier alpha value is -1.36. The highest BCUT2D eigenvalue weighted by molar-refractivity contribution is 5.04. The molecule has 1 heterocycles. The van der Waals surface area contributed by atoms with E-state index in [9.17, 15) is 9.59 Å². The second-order valence-electron chi connectivity index (χ2n) is 3.26. The van der Waals surface area contributed by atoms with Gasteiger partial charge < -0.3 is 4.74 Å². The van der Waals surface area contributed by atoms with Crippen LogP contribution in [0.1, 0.15) is 25.8 Å². The highest BCUT2D eigenvalue weighted by atomic mass is 16.5. The zero-order chi connectivity index (χ0) is 11.3. The van der Waals surface area contributed by atoms with Crippen molar-refractivity contribution in [2.24, 2.45) is 0 Å². The van der Waals surface area contributed by atoms with Gasteiger partial charge in [0, 0.05) is 18.4 Å². The summed E-state index contributed by atoms with van der Waals surface area (Å²) in [6.07, 6.45) is 3.11. The van der Waals surface area contributed by atoms with Crippen molar-refractivity contribution in [2.75, 3.05) is 6.61 Å². The molecule has 1 aromatic heterocycles. The van der Waals surface area contributed by atoms with Gasteiger partial charge in [0.05, 0.1) is 0 Å². The Bertz CT molecular complexity index is 419. The summed E-state index contributed by atoms with van der Waals surface area (Å²) in [6, 6.07) is 0. The van der Waals surface area contributed by atoms with E-state index < -0.39 is 5.69 Å². The SMILES string of the molecule is CCCc1cn(COCC)c(=O)[nH]c1=O. The fraction of sp³-hybridized carbons (Fsp3) is 0.600. The van der Waals surface area contributed by atoms with Gasteiger partial charge in [-0.15, -0.1) is 0 Å². The summed E-state index contributed by atoms with van der Waals surface area (Å²) in [4.78, 5) is 24.9. The van der Waals surface area contributed by atoms with Crippen LogP contribution in [0, 0.1) is 0 Å². The summed E-state index contributed by atoms with van der Waals surface area (Å²) in [5, 5.41) is 0. The van der Waals surface area contributed by atoms with Crippen LogP contribution in [0.4, 0.5) is 0 Å². The Morgan fingerprint density at radius 1 is 1.40 bits per heavy atom. The smallest absolute Gasteiger partial charge is 0.330 e. The van der Waals surface area contributed by atoms with Crippen molar-refractivity contribution in [3.8, 4) is 0 Å². The third-order valence-corrected chi connectivity index (χ3v) is 2.04. The van der Waals surface area contributed by atoms with Crippen LogP contribution in [0.15, 0.2) is 15.8 Å². The van der Waals surface area contributed by atoms with E-state index in [2.05, 4.69) is 4.98 Å². The zero-order valence-electron chi connectivity index (χ0n) is 9.08. The normalized spacial score (nSPS) is 10.5. The average Bonchev–Trinajstić information content (AvgIpc) is 2.20. The molecular weight excluding hydrogens is 196 g/mol. The summed E-state index contributed by atoms with van der Waals surface area (Å²) < 4.78 is 6.49. The Morgan fingerprint density at radius 2 is 2.13 bits per heavy atom. The van der Waals surface area contributed by atoms with Crippen molar-refractivity contribution >= 4 is 0 Å². The van der Waals surface area contributed by atoms with Crippen LogP contribution in [-0.4, -0.2) is 16.2 Å². The van der Waals surface area contributed by atoms with Gasteiger partial charge in [-0.25, -0.2) is 4.79 Å². The zero-order valence-corrected chi connectivity index (χ0v) is 9.08. The first-order chi connectivity index (χ1) is 7.19. The number of aryl methyl sites for hydroxylation is 1. The second-order valence-corrected chi connectivity index (χ2v) is 3.26. The molecule has 0 aliphatic carbocycles. The van der Waals surface area contributed by atoms with Gasteiger partial charge in [0.1, 0.15) is 6.73 Å². The number of nitrogens with zero attached hydrogens (tertiary/aromatic N) is 1. The number of H-pyrrole nitrogens is 1. The van der Waals surface area contributed by atoms with Crippen molar-refractivity contribution in [3.63, 3.8) is 0 Å². The quantitative estimate of drug-likeness (QED) is 0.772. The fourth-order valence-electron chi connectivity index (χ4n) is 1.29. The van der Waals surface area contributed by atoms with Gasteiger partial charge in [-0.2, -0.15) is 0 Å². The minimum atomic E-state index is -0.423. The fourth-order valence-corrected chi connectivity index (χ4v) is 1.29. The highest BCUT2D eigenvalue weighted by Crippen LogP contribution is 1.93. The molecule has 0 atom stereocenters. The highest BCUT2D eigenvalue weighted by Gasteiger charge is 2.03. The van der Waals surface area contributed by atoms with Crippen molar-refractivity contribution < 1.29 is 4.74 Å². The molecule has 0 bridgehead atoms. The maximum Gasteiger partial charge on any atom is 0.330 e. The summed E-state index contributed by atoms with van der Waals surface area (Å²) in [7, 11) is 0. The van der Waals surface area contributed by atoms with Crippen molar-refractivity contribution in [1.82, 2.24) is 9.55 Å². The van der Waals surface area contributed by atoms with E-state index >= 15 is 0 Å². The molecule has 0 aromatic carbocycles. The van der Waals surface area contributed by atoms with Crippen molar-refractivity contribution in [1.29, 1.82) is 0 Å². The molecule has 0 amide bonds. The molecule has 0 fully saturated rings. The number of rotatable bonds is 5. The lowest BCUT2D eigenvalue weighted by atomic mass is 10.2. The summed E-state index contributed by atoms with van der Waals surface area (Å²) >= 11 is 0. The van der Waals surface area contributed by atoms with Crippen LogP contribution in [0.5, 0.6) is 0 Å². The van der Waals surface area contributed by atoms with Crippen LogP contribution in [-0.2, 0) is 17.9 Å². The molecule has 5 heteroatoms. The minimum absolute atomic E-state index is 0.183. The molecule has 1 aromatic rings. The third kappa shape index (κ3) is 3.06. The molecule has 0 spiro atoms. The maximum atomic E-state index is 11.3. The molecule has 5 nitrogen and oxygen atoms in total. The van der Waals surface area contributed by atoms with E-state index in [1.807, 2.05) is 13.8 Å². The first-order valence-corrected chi connectivity index (χ1v) is 5.09. The van der Waals surface area contributed by atoms with E-state index in [4.69, 9.17) is 4.74 Å². The Labute approximate surface area is 87.7 Å². The van der Waals surface area contributed by atoms with Crippen molar-refractivity contribution in [3.05, 3.63) is 32.6 Å². The molecule has 15 heavy (non-hydrogen) atoms. The number of aromatic amines is 1. The molecule has 0 radical (unpaired) electrons. The summed E-state index contributed by atoms with van der Waals surface area (Å²) in [5.41, 5.74) is -0.0975. The van der Waals surface area contributed by atoms with E-state index in [-0.39, 0.29) is 12.3 Å². The number of hydrogen-bond donors (Lipinski definition) is 1. The molecule has 0 aliphatic rings. The van der Waals surface area contributed by atoms with E-state index in [0.29, 0.717) is 18.6 Å². The molecule has 0 saturated carbocycles. The van der Waals surface area contributed by atoms with Gasteiger partial charge in [0.2, 0.25) is 0 Å². The largest absolute Gasteiger partial charge is 0.361 e. The van der Waals surface area contributed by atoms with Gasteiger partial charge >= 0.3 is 5.69 Å². The van der Waals surface area contributed by atoms with Gasteiger partial charge in [0.15, 0.2) is 0 Å². The summed E-state index contributed by atoms with van der Waals surface area (Å²) in [6.45, 7) is 4.55. The monoisotopic (exact) mass is 212 g/mol. The minimum Gasteiger partial charge on any atom is -0.361 e. The lowest BCUT2D eigenvalue weighted by Crippen LogP contribution is -2.32. The van der Waals surface area contributed by atoms with Crippen LogP contribution in [0.25, 0.3) is 0 Å². The molecule has 1 rings (SSSR count). The van der Waals surface area contributed by atoms with Crippen LogP contribution >= 0.6 is 0 Å². The third-order valence-electron chi connectivity index (χ3n) is 2.04.